The number of rotatable bonds is 2. The first-order valence-corrected chi connectivity index (χ1v) is 8.32. The lowest BCUT2D eigenvalue weighted by molar-refractivity contribution is 1.35. The highest BCUT2D eigenvalue weighted by atomic mass is 79.9. The lowest BCUT2D eigenvalue weighted by atomic mass is 10.2. The molecule has 2 aromatic carbocycles. The predicted molar refractivity (Wildman–Crippen MR) is 93.9 cm³/mol. The maximum atomic E-state index is 6.12. The number of nitrogens with two attached hydrogens (primary N) is 1. The maximum Gasteiger partial charge on any atom is 0.0907 e. The molecular formula is C14H11Br2N3S. The van der Waals surface area contributed by atoms with Crippen molar-refractivity contribution in [2.75, 3.05) is 11.1 Å². The zero-order chi connectivity index (χ0) is 14.3. The molecule has 6 heteroatoms. The van der Waals surface area contributed by atoms with Crippen molar-refractivity contribution in [2.24, 2.45) is 0 Å². The Bertz CT molecular complexity index is 798. The number of hydrogen-bond donors (Lipinski definition) is 2. The van der Waals surface area contributed by atoms with Gasteiger partial charge in [-0.05, 0) is 53.2 Å². The summed E-state index contributed by atoms with van der Waals surface area (Å²) in [5.74, 6) is 0. The Morgan fingerprint density at radius 3 is 2.75 bits per heavy atom. The zero-order valence-corrected chi connectivity index (χ0v) is 14.6. The minimum absolute atomic E-state index is 0.716. The Labute approximate surface area is 137 Å². The van der Waals surface area contributed by atoms with Crippen LogP contribution in [0.4, 0.5) is 17.1 Å². The van der Waals surface area contributed by atoms with Crippen LogP contribution in [0, 0.1) is 6.92 Å². The summed E-state index contributed by atoms with van der Waals surface area (Å²) in [6, 6.07) is 9.91. The largest absolute Gasteiger partial charge is 0.397 e. The quantitative estimate of drug-likeness (QED) is 0.549. The number of nitrogens with zero attached hydrogens (tertiary/aromatic N) is 1. The molecule has 0 amide bonds. The number of nitrogen functional groups attached to an aromatic ring is 1. The number of thiazole rings is 1. The molecule has 0 unspecified atom stereocenters. The zero-order valence-electron chi connectivity index (χ0n) is 10.6. The number of fused-ring (bicyclic) bond motifs is 1. The van der Waals surface area contributed by atoms with Crippen molar-refractivity contribution in [3.05, 3.63) is 44.3 Å². The van der Waals surface area contributed by atoms with Gasteiger partial charge in [0.2, 0.25) is 0 Å². The third-order valence-corrected chi connectivity index (χ3v) is 4.98. The van der Waals surface area contributed by atoms with E-state index in [0.717, 1.165) is 35.5 Å². The first-order valence-electron chi connectivity index (χ1n) is 5.91. The van der Waals surface area contributed by atoms with E-state index < -0.39 is 0 Å². The molecule has 0 saturated heterocycles. The van der Waals surface area contributed by atoms with Gasteiger partial charge in [0.25, 0.3) is 0 Å². The van der Waals surface area contributed by atoms with E-state index in [1.807, 2.05) is 37.3 Å². The summed E-state index contributed by atoms with van der Waals surface area (Å²) in [6.07, 6.45) is 0. The smallest absolute Gasteiger partial charge is 0.0907 e. The Morgan fingerprint density at radius 2 is 1.95 bits per heavy atom. The summed E-state index contributed by atoms with van der Waals surface area (Å²) >= 11 is 8.65. The van der Waals surface area contributed by atoms with E-state index in [0.29, 0.717) is 5.69 Å². The average Bonchev–Trinajstić information content (AvgIpc) is 2.73. The first kappa shape index (κ1) is 13.9. The van der Waals surface area contributed by atoms with Gasteiger partial charge >= 0.3 is 0 Å². The van der Waals surface area contributed by atoms with Crippen LogP contribution in [0.2, 0.25) is 0 Å². The highest BCUT2D eigenvalue weighted by molar-refractivity contribution is 9.11. The van der Waals surface area contributed by atoms with Crippen LogP contribution < -0.4 is 11.1 Å². The second-order valence-electron chi connectivity index (χ2n) is 4.39. The summed E-state index contributed by atoms with van der Waals surface area (Å²) in [5, 5.41) is 4.39. The Morgan fingerprint density at radius 1 is 1.15 bits per heavy atom. The number of halogens is 2. The van der Waals surface area contributed by atoms with Crippen molar-refractivity contribution < 1.29 is 0 Å². The molecule has 3 N–H and O–H groups in total. The normalized spacial score (nSPS) is 10.9. The van der Waals surface area contributed by atoms with Crippen molar-refractivity contribution >= 4 is 70.5 Å². The van der Waals surface area contributed by atoms with E-state index >= 15 is 0 Å². The van der Waals surface area contributed by atoms with Crippen LogP contribution >= 0.6 is 43.2 Å². The van der Waals surface area contributed by atoms with Crippen molar-refractivity contribution in [2.45, 2.75) is 6.92 Å². The van der Waals surface area contributed by atoms with Crippen LogP contribution in [-0.4, -0.2) is 4.98 Å². The molecule has 0 spiro atoms. The molecular weight excluding hydrogens is 402 g/mol. The van der Waals surface area contributed by atoms with Gasteiger partial charge < -0.3 is 11.1 Å². The van der Waals surface area contributed by atoms with Gasteiger partial charge in [0, 0.05) is 8.95 Å². The van der Waals surface area contributed by atoms with E-state index in [1.54, 1.807) is 11.3 Å². The fourth-order valence-electron chi connectivity index (χ4n) is 1.95. The van der Waals surface area contributed by atoms with Crippen LogP contribution in [0.3, 0.4) is 0 Å². The summed E-state index contributed by atoms with van der Waals surface area (Å²) < 4.78 is 3.10. The Kier molecular flexibility index (Phi) is 3.70. The van der Waals surface area contributed by atoms with Crippen LogP contribution in [0.25, 0.3) is 10.2 Å². The predicted octanol–water partition coefficient (Wildman–Crippen LogP) is 5.46. The number of nitrogens with one attached hydrogen (secondary N) is 1. The summed E-state index contributed by atoms with van der Waals surface area (Å²) in [7, 11) is 0. The van der Waals surface area contributed by atoms with Gasteiger partial charge in [-0.3, -0.25) is 0 Å². The van der Waals surface area contributed by atoms with E-state index in [9.17, 15) is 0 Å². The van der Waals surface area contributed by atoms with Gasteiger partial charge in [-0.25, -0.2) is 4.98 Å². The highest BCUT2D eigenvalue weighted by Crippen LogP contribution is 2.34. The summed E-state index contributed by atoms with van der Waals surface area (Å²) in [6.45, 7) is 2.00. The molecule has 0 saturated carbocycles. The first-order chi connectivity index (χ1) is 9.52. The van der Waals surface area contributed by atoms with Gasteiger partial charge in [0.15, 0.2) is 0 Å². The third-order valence-electron chi connectivity index (χ3n) is 2.86. The van der Waals surface area contributed by atoms with Gasteiger partial charge in [0.05, 0.1) is 32.3 Å². The molecule has 0 bridgehead atoms. The molecule has 0 radical (unpaired) electrons. The van der Waals surface area contributed by atoms with Crippen molar-refractivity contribution in [3.63, 3.8) is 0 Å². The molecule has 0 fully saturated rings. The lowest BCUT2D eigenvalue weighted by Gasteiger charge is -2.11. The van der Waals surface area contributed by atoms with Gasteiger partial charge in [0.1, 0.15) is 0 Å². The lowest BCUT2D eigenvalue weighted by Crippen LogP contribution is -1.97. The monoisotopic (exact) mass is 411 g/mol. The van der Waals surface area contributed by atoms with Crippen molar-refractivity contribution in [1.29, 1.82) is 0 Å². The summed E-state index contributed by atoms with van der Waals surface area (Å²) in [5.41, 5.74) is 9.62. The molecule has 0 aliphatic carbocycles. The average molecular weight is 413 g/mol. The number of hydrogen-bond acceptors (Lipinski definition) is 4. The highest BCUT2D eigenvalue weighted by Gasteiger charge is 2.08. The third kappa shape index (κ3) is 2.68. The fourth-order valence-corrected chi connectivity index (χ4v) is 3.52. The van der Waals surface area contributed by atoms with E-state index in [1.165, 1.54) is 0 Å². The number of benzene rings is 2. The SMILES string of the molecule is Cc1nc2cc(Nc3cc(Br)ccc3Br)c(N)cc2s1. The molecule has 1 heterocycles. The van der Waals surface area contributed by atoms with Gasteiger partial charge in [-0.1, -0.05) is 15.9 Å². The molecule has 3 aromatic rings. The molecule has 20 heavy (non-hydrogen) atoms. The maximum absolute atomic E-state index is 6.12. The molecule has 0 aliphatic rings. The fraction of sp³-hybridized carbons (Fsp3) is 0.0714. The van der Waals surface area contributed by atoms with Crippen molar-refractivity contribution in [3.8, 4) is 0 Å². The van der Waals surface area contributed by atoms with Crippen molar-refractivity contribution in [1.82, 2.24) is 4.98 Å². The van der Waals surface area contributed by atoms with Crippen LogP contribution in [0.15, 0.2) is 39.3 Å². The second kappa shape index (κ2) is 5.35. The van der Waals surface area contributed by atoms with E-state index in [-0.39, 0.29) is 0 Å². The standard InChI is InChI=1S/C14H11Br2N3S/c1-7-18-13-6-12(10(17)5-14(13)20-7)19-11-4-8(15)2-3-9(11)16/h2-6,19H,17H2,1H3. The van der Waals surface area contributed by atoms with E-state index in [2.05, 4.69) is 42.2 Å². The molecule has 0 aliphatic heterocycles. The number of aromatic nitrogens is 1. The minimum atomic E-state index is 0.716. The topological polar surface area (TPSA) is 50.9 Å². The minimum Gasteiger partial charge on any atom is -0.397 e. The Balaban J connectivity index is 2.05. The molecule has 1 aromatic heterocycles. The van der Waals surface area contributed by atoms with Gasteiger partial charge in [-0.15, -0.1) is 11.3 Å². The van der Waals surface area contributed by atoms with Crippen LogP contribution in [0.1, 0.15) is 5.01 Å². The number of anilines is 3. The Hall–Kier alpha value is -1.11. The molecule has 102 valence electrons. The molecule has 0 atom stereocenters. The number of aryl methyl sites for hydroxylation is 1. The van der Waals surface area contributed by atoms with Crippen LogP contribution in [0.5, 0.6) is 0 Å². The molecule has 3 rings (SSSR count). The molecule has 3 nitrogen and oxygen atoms in total. The van der Waals surface area contributed by atoms with Gasteiger partial charge in [-0.2, -0.15) is 0 Å². The van der Waals surface area contributed by atoms with E-state index in [4.69, 9.17) is 5.73 Å². The second-order valence-corrected chi connectivity index (χ2v) is 7.39. The summed E-state index contributed by atoms with van der Waals surface area (Å²) in [4.78, 5) is 4.50. The van der Waals surface area contributed by atoms with Crippen LogP contribution in [-0.2, 0) is 0 Å².